The molecule has 0 bridgehead atoms. The third-order valence-electron chi connectivity index (χ3n) is 3.17. The number of nitrogens with two attached hydrogens (primary N) is 1. The monoisotopic (exact) mass is 279 g/mol. The average molecular weight is 280 g/mol. The Labute approximate surface area is 117 Å². The van der Waals surface area contributed by atoms with Crippen LogP contribution in [0.25, 0.3) is 11.3 Å². The van der Waals surface area contributed by atoms with Crippen molar-refractivity contribution in [1.29, 1.82) is 0 Å². The molecule has 0 saturated carbocycles. The van der Waals surface area contributed by atoms with E-state index >= 15 is 0 Å². The molecule has 1 aromatic carbocycles. The van der Waals surface area contributed by atoms with Gasteiger partial charge < -0.3 is 10.5 Å². The molecule has 0 spiro atoms. The number of aromatic amines is 1. The average Bonchev–Trinajstić information content (AvgIpc) is 2.84. The molecule has 0 aliphatic carbocycles. The summed E-state index contributed by atoms with van der Waals surface area (Å²) in [4.78, 5) is 0. The zero-order valence-electron chi connectivity index (χ0n) is 11.4. The predicted octanol–water partition coefficient (Wildman–Crippen LogP) is 2.86. The molecule has 2 aromatic rings. The summed E-state index contributed by atoms with van der Waals surface area (Å²) in [5.41, 5.74) is 10.3. The first kappa shape index (κ1) is 13.9. The highest BCUT2D eigenvalue weighted by Crippen LogP contribution is 2.38. The lowest BCUT2D eigenvalue weighted by atomic mass is 10.0. The van der Waals surface area contributed by atoms with Gasteiger partial charge >= 0.3 is 0 Å². The highest BCUT2D eigenvalue weighted by atomic mass is 35.5. The summed E-state index contributed by atoms with van der Waals surface area (Å²) >= 11 is 6.32. The number of aryl methyl sites for hydroxylation is 1. The molecule has 1 aromatic heterocycles. The minimum Gasteiger partial charge on any atom is -0.496 e. The van der Waals surface area contributed by atoms with Crippen LogP contribution in [0.5, 0.6) is 5.75 Å². The van der Waals surface area contributed by atoms with E-state index in [4.69, 9.17) is 22.1 Å². The van der Waals surface area contributed by atoms with Crippen molar-refractivity contribution in [3.8, 4) is 17.0 Å². The first-order valence-electron chi connectivity index (χ1n) is 6.17. The van der Waals surface area contributed by atoms with E-state index in [1.807, 2.05) is 26.0 Å². The fourth-order valence-electron chi connectivity index (χ4n) is 2.18. The van der Waals surface area contributed by atoms with E-state index in [0.717, 1.165) is 45.3 Å². The second-order valence-corrected chi connectivity index (χ2v) is 4.90. The van der Waals surface area contributed by atoms with E-state index < -0.39 is 0 Å². The zero-order valence-corrected chi connectivity index (χ0v) is 12.1. The maximum Gasteiger partial charge on any atom is 0.128 e. The van der Waals surface area contributed by atoms with Crippen molar-refractivity contribution in [2.75, 3.05) is 13.7 Å². The Morgan fingerprint density at radius 2 is 2.11 bits per heavy atom. The fraction of sp³-hybridized carbons (Fsp3) is 0.357. The fourth-order valence-corrected chi connectivity index (χ4v) is 2.32. The number of nitrogens with zero attached hydrogens (tertiary/aromatic N) is 1. The molecule has 0 saturated heterocycles. The van der Waals surface area contributed by atoms with Gasteiger partial charge in [0.2, 0.25) is 0 Å². The lowest BCUT2D eigenvalue weighted by Crippen LogP contribution is -2.02. The van der Waals surface area contributed by atoms with Crippen molar-refractivity contribution in [2.45, 2.75) is 20.3 Å². The largest absolute Gasteiger partial charge is 0.496 e. The minimum atomic E-state index is 0.590. The first-order chi connectivity index (χ1) is 9.08. The first-order valence-corrected chi connectivity index (χ1v) is 6.54. The van der Waals surface area contributed by atoms with Crippen molar-refractivity contribution >= 4 is 11.6 Å². The van der Waals surface area contributed by atoms with Crippen molar-refractivity contribution in [3.63, 3.8) is 0 Å². The molecule has 0 amide bonds. The third-order valence-corrected chi connectivity index (χ3v) is 3.75. The highest BCUT2D eigenvalue weighted by Gasteiger charge is 2.16. The van der Waals surface area contributed by atoms with Crippen molar-refractivity contribution in [3.05, 3.63) is 34.0 Å². The van der Waals surface area contributed by atoms with Crippen molar-refractivity contribution in [1.82, 2.24) is 10.2 Å². The maximum atomic E-state index is 6.32. The van der Waals surface area contributed by atoms with Gasteiger partial charge in [0.25, 0.3) is 0 Å². The molecule has 19 heavy (non-hydrogen) atoms. The number of H-pyrrole nitrogens is 1. The predicted molar refractivity (Wildman–Crippen MR) is 77.8 cm³/mol. The molecular weight excluding hydrogens is 262 g/mol. The normalized spacial score (nSPS) is 10.8. The third kappa shape index (κ3) is 2.60. The molecular formula is C14H18ClN3O. The number of ether oxygens (including phenoxy) is 1. The number of hydrogen-bond acceptors (Lipinski definition) is 3. The summed E-state index contributed by atoms with van der Waals surface area (Å²) in [6, 6.07) is 3.92. The Morgan fingerprint density at radius 1 is 1.37 bits per heavy atom. The Bertz CT molecular complexity index is 593. The van der Waals surface area contributed by atoms with Crippen LogP contribution in [0.15, 0.2) is 12.1 Å². The summed E-state index contributed by atoms with van der Waals surface area (Å²) in [6.45, 7) is 4.53. The second-order valence-electron chi connectivity index (χ2n) is 4.53. The van der Waals surface area contributed by atoms with Gasteiger partial charge in [0.1, 0.15) is 5.75 Å². The highest BCUT2D eigenvalue weighted by molar-refractivity contribution is 6.32. The molecule has 0 atom stereocenters. The number of halogens is 1. The smallest absolute Gasteiger partial charge is 0.128 e. The molecule has 3 N–H and O–H groups in total. The van der Waals surface area contributed by atoms with Crippen LogP contribution in [0.2, 0.25) is 5.02 Å². The number of benzene rings is 1. The van der Waals surface area contributed by atoms with Crippen LogP contribution >= 0.6 is 11.6 Å². The molecule has 5 heteroatoms. The SMILES string of the molecule is COc1cc(C)c(Cl)c(C)c1-c1cc(CCN)[nH]n1. The molecule has 0 unspecified atom stereocenters. The number of hydrogen-bond donors (Lipinski definition) is 2. The van der Waals surface area contributed by atoms with E-state index in [1.54, 1.807) is 7.11 Å². The van der Waals surface area contributed by atoms with Crippen LogP contribution in [0.3, 0.4) is 0 Å². The van der Waals surface area contributed by atoms with Crippen molar-refractivity contribution < 1.29 is 4.74 Å². The van der Waals surface area contributed by atoms with Crippen LogP contribution in [-0.2, 0) is 6.42 Å². The van der Waals surface area contributed by atoms with E-state index in [-0.39, 0.29) is 0 Å². The number of aromatic nitrogens is 2. The Balaban J connectivity index is 2.56. The van der Waals surface area contributed by atoms with Gasteiger partial charge in [-0.05, 0) is 43.7 Å². The van der Waals surface area contributed by atoms with Crippen LogP contribution in [0.4, 0.5) is 0 Å². The summed E-state index contributed by atoms with van der Waals surface area (Å²) in [6.07, 6.45) is 0.772. The Hall–Kier alpha value is -1.52. The van der Waals surface area contributed by atoms with Gasteiger partial charge in [-0.15, -0.1) is 0 Å². The lowest BCUT2D eigenvalue weighted by molar-refractivity contribution is 0.415. The summed E-state index contributed by atoms with van der Waals surface area (Å²) < 4.78 is 5.45. The quantitative estimate of drug-likeness (QED) is 0.904. The van der Waals surface area contributed by atoms with E-state index in [0.29, 0.717) is 6.54 Å². The minimum absolute atomic E-state index is 0.590. The Morgan fingerprint density at radius 3 is 2.74 bits per heavy atom. The summed E-state index contributed by atoms with van der Waals surface area (Å²) in [5.74, 6) is 0.783. The maximum absolute atomic E-state index is 6.32. The molecule has 0 aliphatic rings. The zero-order chi connectivity index (χ0) is 14.0. The van der Waals surface area contributed by atoms with Crippen LogP contribution in [0, 0.1) is 13.8 Å². The Kier molecular flexibility index (Phi) is 4.12. The van der Waals surface area contributed by atoms with Crippen LogP contribution in [-0.4, -0.2) is 23.9 Å². The molecule has 0 fully saturated rings. The standard InChI is InChI=1S/C14H18ClN3O/c1-8-6-12(19-3)13(9(2)14(8)15)11-7-10(4-5-16)17-18-11/h6-7H,4-5,16H2,1-3H3,(H,17,18). The second kappa shape index (κ2) is 5.63. The lowest BCUT2D eigenvalue weighted by Gasteiger charge is -2.13. The molecule has 4 nitrogen and oxygen atoms in total. The molecule has 2 rings (SSSR count). The van der Waals surface area contributed by atoms with Gasteiger partial charge in [0.05, 0.1) is 12.8 Å². The van der Waals surface area contributed by atoms with Crippen LogP contribution in [0.1, 0.15) is 16.8 Å². The van der Waals surface area contributed by atoms with Gasteiger partial charge in [0.15, 0.2) is 0 Å². The molecule has 0 radical (unpaired) electrons. The molecule has 0 aliphatic heterocycles. The van der Waals surface area contributed by atoms with Gasteiger partial charge in [0, 0.05) is 22.7 Å². The molecule has 102 valence electrons. The topological polar surface area (TPSA) is 63.9 Å². The number of nitrogens with one attached hydrogen (secondary N) is 1. The number of rotatable bonds is 4. The van der Waals surface area contributed by atoms with Gasteiger partial charge in [-0.2, -0.15) is 5.10 Å². The van der Waals surface area contributed by atoms with Crippen LogP contribution < -0.4 is 10.5 Å². The van der Waals surface area contributed by atoms with Gasteiger partial charge in [-0.3, -0.25) is 5.10 Å². The summed E-state index contributed by atoms with van der Waals surface area (Å²) in [7, 11) is 1.65. The van der Waals surface area contributed by atoms with E-state index in [9.17, 15) is 0 Å². The number of methoxy groups -OCH3 is 1. The van der Waals surface area contributed by atoms with Gasteiger partial charge in [-0.25, -0.2) is 0 Å². The van der Waals surface area contributed by atoms with Gasteiger partial charge in [-0.1, -0.05) is 11.6 Å². The van der Waals surface area contributed by atoms with E-state index in [2.05, 4.69) is 10.2 Å². The van der Waals surface area contributed by atoms with Crippen molar-refractivity contribution in [2.24, 2.45) is 5.73 Å². The molecule has 1 heterocycles. The van der Waals surface area contributed by atoms with E-state index in [1.165, 1.54) is 0 Å². The summed E-state index contributed by atoms with van der Waals surface area (Å²) in [5, 5.41) is 8.06.